The molecular weight excluding hydrogens is 332 g/mol. The molecule has 1 aromatic heterocycles. The van der Waals surface area contributed by atoms with Crippen LogP contribution in [0.4, 0.5) is 10.8 Å². The van der Waals surface area contributed by atoms with Crippen molar-refractivity contribution in [2.75, 3.05) is 18.4 Å². The molecule has 0 saturated heterocycles. The molecule has 1 unspecified atom stereocenters. The number of rotatable bonds is 8. The summed E-state index contributed by atoms with van der Waals surface area (Å²) >= 11 is 1.60. The first-order valence-corrected chi connectivity index (χ1v) is 9.67. The zero-order valence-electron chi connectivity index (χ0n) is 15.8. The fourth-order valence-corrected chi connectivity index (χ4v) is 3.29. The minimum Gasteiger partial charge on any atom is -0.349 e. The first kappa shape index (κ1) is 19.4. The van der Waals surface area contributed by atoms with E-state index < -0.39 is 0 Å². The van der Waals surface area contributed by atoms with Crippen LogP contribution >= 0.6 is 11.3 Å². The van der Waals surface area contributed by atoms with Crippen LogP contribution in [0, 0.1) is 13.8 Å². The Morgan fingerprint density at radius 3 is 2.68 bits per heavy atom. The van der Waals surface area contributed by atoms with Crippen molar-refractivity contribution in [1.29, 1.82) is 0 Å². The van der Waals surface area contributed by atoms with E-state index in [2.05, 4.69) is 60.0 Å². The lowest BCUT2D eigenvalue weighted by molar-refractivity contribution is -0.904. The zero-order valence-corrected chi connectivity index (χ0v) is 16.6. The molecule has 2 rings (SSSR count). The standard InChI is InChI=1S/C19H28N4OS/c1-6-23(11-18(24)20-13(2)3)10-17-12-25-19(22-17)21-16-8-7-14(4)15(5)9-16/h7-9,12-13H,6,10-11H2,1-5H3,(H,20,24)(H,21,22)/p+1. The molecule has 1 amide bonds. The number of aryl methyl sites for hydroxylation is 2. The number of carbonyl (C=O) groups excluding carboxylic acids is 1. The predicted octanol–water partition coefficient (Wildman–Crippen LogP) is 2.43. The number of hydrogen-bond acceptors (Lipinski definition) is 4. The Bertz CT molecular complexity index is 711. The third-order valence-electron chi connectivity index (χ3n) is 4.10. The molecule has 1 aromatic carbocycles. The van der Waals surface area contributed by atoms with Crippen molar-refractivity contribution in [2.45, 2.75) is 47.2 Å². The highest BCUT2D eigenvalue weighted by Gasteiger charge is 2.15. The third kappa shape index (κ3) is 6.14. The Kier molecular flexibility index (Phi) is 6.96. The maximum Gasteiger partial charge on any atom is 0.275 e. The van der Waals surface area contributed by atoms with Crippen LogP contribution in [0.2, 0.25) is 0 Å². The van der Waals surface area contributed by atoms with E-state index in [0.29, 0.717) is 6.54 Å². The normalized spacial score (nSPS) is 12.2. The fraction of sp³-hybridized carbons (Fsp3) is 0.474. The number of benzene rings is 1. The Labute approximate surface area is 154 Å². The van der Waals surface area contributed by atoms with Crippen LogP contribution in [0.3, 0.4) is 0 Å². The lowest BCUT2D eigenvalue weighted by atomic mass is 10.1. The van der Waals surface area contributed by atoms with E-state index in [9.17, 15) is 4.79 Å². The van der Waals surface area contributed by atoms with Crippen molar-refractivity contribution < 1.29 is 9.69 Å². The van der Waals surface area contributed by atoms with Crippen molar-refractivity contribution in [3.63, 3.8) is 0 Å². The molecule has 6 heteroatoms. The second kappa shape index (κ2) is 8.97. The van der Waals surface area contributed by atoms with Crippen LogP contribution in [-0.2, 0) is 11.3 Å². The van der Waals surface area contributed by atoms with Gasteiger partial charge in [0.1, 0.15) is 12.2 Å². The Balaban J connectivity index is 1.95. The molecule has 5 nitrogen and oxygen atoms in total. The van der Waals surface area contributed by atoms with Crippen LogP contribution in [0.5, 0.6) is 0 Å². The van der Waals surface area contributed by atoms with E-state index in [1.807, 2.05) is 13.8 Å². The van der Waals surface area contributed by atoms with Crippen LogP contribution in [0.25, 0.3) is 0 Å². The van der Waals surface area contributed by atoms with Gasteiger partial charge >= 0.3 is 0 Å². The molecule has 0 aliphatic heterocycles. The van der Waals surface area contributed by atoms with Gasteiger partial charge in [-0.1, -0.05) is 6.07 Å². The van der Waals surface area contributed by atoms with Crippen molar-refractivity contribution in [3.05, 3.63) is 40.4 Å². The van der Waals surface area contributed by atoms with Gasteiger partial charge in [-0.2, -0.15) is 0 Å². The summed E-state index contributed by atoms with van der Waals surface area (Å²) in [6.07, 6.45) is 0. The van der Waals surface area contributed by atoms with Crippen LogP contribution in [0.15, 0.2) is 23.6 Å². The fourth-order valence-electron chi connectivity index (χ4n) is 2.56. The van der Waals surface area contributed by atoms with Gasteiger partial charge in [0.2, 0.25) is 0 Å². The lowest BCUT2D eigenvalue weighted by Gasteiger charge is -2.17. The monoisotopic (exact) mass is 361 g/mol. The second-order valence-electron chi connectivity index (χ2n) is 6.75. The molecule has 3 N–H and O–H groups in total. The molecule has 2 aromatic rings. The smallest absolute Gasteiger partial charge is 0.275 e. The number of thiazole rings is 1. The molecule has 0 spiro atoms. The van der Waals surface area contributed by atoms with Crippen molar-refractivity contribution in [3.8, 4) is 0 Å². The molecule has 0 radical (unpaired) electrons. The maximum atomic E-state index is 12.0. The summed E-state index contributed by atoms with van der Waals surface area (Å²) in [6.45, 7) is 12.4. The van der Waals surface area contributed by atoms with Gasteiger partial charge in [-0.15, -0.1) is 11.3 Å². The summed E-state index contributed by atoms with van der Waals surface area (Å²) in [6, 6.07) is 6.50. The molecular formula is C19H29N4OS+. The maximum absolute atomic E-state index is 12.0. The molecule has 0 saturated carbocycles. The van der Waals surface area contributed by atoms with E-state index in [4.69, 9.17) is 0 Å². The zero-order chi connectivity index (χ0) is 18.4. The van der Waals surface area contributed by atoms with E-state index in [1.54, 1.807) is 11.3 Å². The van der Waals surface area contributed by atoms with Crippen LogP contribution < -0.4 is 15.5 Å². The first-order chi connectivity index (χ1) is 11.9. The Hall–Kier alpha value is -1.92. The summed E-state index contributed by atoms with van der Waals surface area (Å²) < 4.78 is 0. The number of quaternary nitrogens is 1. The van der Waals surface area contributed by atoms with Gasteiger partial charge in [-0.25, -0.2) is 4.98 Å². The molecule has 1 atom stereocenters. The first-order valence-electron chi connectivity index (χ1n) is 8.79. The van der Waals surface area contributed by atoms with Gasteiger partial charge in [0, 0.05) is 17.1 Å². The molecule has 0 fully saturated rings. The van der Waals surface area contributed by atoms with Crippen LogP contribution in [0.1, 0.15) is 37.6 Å². The van der Waals surface area contributed by atoms with E-state index >= 15 is 0 Å². The minimum absolute atomic E-state index is 0.0931. The van der Waals surface area contributed by atoms with Gasteiger partial charge < -0.3 is 15.5 Å². The second-order valence-corrected chi connectivity index (χ2v) is 7.61. The third-order valence-corrected chi connectivity index (χ3v) is 4.91. The number of anilines is 2. The summed E-state index contributed by atoms with van der Waals surface area (Å²) in [5.74, 6) is 0.0931. The molecule has 25 heavy (non-hydrogen) atoms. The predicted molar refractivity (Wildman–Crippen MR) is 105 cm³/mol. The van der Waals surface area contributed by atoms with E-state index in [0.717, 1.165) is 29.6 Å². The Morgan fingerprint density at radius 1 is 1.28 bits per heavy atom. The van der Waals surface area contributed by atoms with Gasteiger partial charge in [0.05, 0.1) is 6.54 Å². The highest BCUT2D eigenvalue weighted by Crippen LogP contribution is 2.22. The number of likely N-dealkylation sites (N-methyl/N-ethyl adjacent to an activating group) is 1. The summed E-state index contributed by atoms with van der Waals surface area (Å²) in [7, 11) is 0. The van der Waals surface area contributed by atoms with Gasteiger partial charge in [0.25, 0.3) is 5.91 Å². The van der Waals surface area contributed by atoms with Crippen molar-refractivity contribution >= 4 is 28.1 Å². The van der Waals surface area contributed by atoms with Crippen LogP contribution in [-0.4, -0.2) is 30.0 Å². The highest BCUT2D eigenvalue weighted by molar-refractivity contribution is 7.13. The average molecular weight is 362 g/mol. The molecule has 0 aliphatic carbocycles. The summed E-state index contributed by atoms with van der Waals surface area (Å²) in [5.41, 5.74) is 4.62. The van der Waals surface area contributed by atoms with Crippen molar-refractivity contribution in [2.24, 2.45) is 0 Å². The average Bonchev–Trinajstić information content (AvgIpc) is 2.96. The highest BCUT2D eigenvalue weighted by atomic mass is 32.1. The lowest BCUT2D eigenvalue weighted by Crippen LogP contribution is -3.11. The number of aromatic nitrogens is 1. The number of amides is 1. The Morgan fingerprint density at radius 2 is 2.04 bits per heavy atom. The molecule has 0 aliphatic rings. The van der Waals surface area contributed by atoms with Gasteiger partial charge in [-0.05, 0) is 57.9 Å². The topological polar surface area (TPSA) is 58.5 Å². The van der Waals surface area contributed by atoms with Crippen molar-refractivity contribution in [1.82, 2.24) is 10.3 Å². The van der Waals surface area contributed by atoms with Gasteiger partial charge in [0.15, 0.2) is 11.7 Å². The quantitative estimate of drug-likeness (QED) is 0.677. The SMILES string of the molecule is CC[NH+](CC(=O)NC(C)C)Cc1csc(Nc2ccc(C)c(C)c2)n1. The summed E-state index contributed by atoms with van der Waals surface area (Å²) in [5, 5.41) is 9.28. The molecule has 1 heterocycles. The summed E-state index contributed by atoms with van der Waals surface area (Å²) in [4.78, 5) is 17.8. The number of carbonyl (C=O) groups is 1. The van der Waals surface area contributed by atoms with E-state index in [1.165, 1.54) is 16.0 Å². The number of hydrogen-bond donors (Lipinski definition) is 3. The van der Waals surface area contributed by atoms with Gasteiger partial charge in [-0.3, -0.25) is 4.79 Å². The minimum atomic E-state index is 0.0931. The molecule has 0 bridgehead atoms. The number of nitrogens with zero attached hydrogens (tertiary/aromatic N) is 1. The van der Waals surface area contributed by atoms with E-state index in [-0.39, 0.29) is 11.9 Å². The molecule has 136 valence electrons. The largest absolute Gasteiger partial charge is 0.349 e. The number of nitrogens with one attached hydrogen (secondary N) is 3.